The first-order valence-electron chi connectivity index (χ1n) is 12.4. The van der Waals surface area contributed by atoms with E-state index >= 15 is 0 Å². The molecule has 2 amide bonds. The van der Waals surface area contributed by atoms with E-state index in [1.807, 2.05) is 58.9 Å². The molecule has 38 heavy (non-hydrogen) atoms. The average molecular weight is 517 g/mol. The van der Waals surface area contributed by atoms with Gasteiger partial charge in [0.1, 0.15) is 24.1 Å². The molecule has 1 unspecified atom stereocenters. The molecule has 0 aliphatic carbocycles. The Morgan fingerprint density at radius 1 is 1.05 bits per heavy atom. The van der Waals surface area contributed by atoms with Crippen molar-refractivity contribution in [1.82, 2.24) is 25.5 Å². The zero-order valence-corrected chi connectivity index (χ0v) is 22.2. The standard InChI is InChI=1S/C28H32N6O4/c1-6-19-8-12-21(13-9-19)34(24(36)17-33-31-26(30-32-33)23-16-7-18(2)38-23)25(27(37)29-28(3,4)5)20-10-14-22(35)15-11-20/h7-16,25,35H,6,17H2,1-5H3,(H,29,37). The van der Waals surface area contributed by atoms with E-state index in [0.29, 0.717) is 22.8 Å². The number of benzene rings is 2. The number of phenolic OH excluding ortho intramolecular Hbond substituents is 1. The highest BCUT2D eigenvalue weighted by molar-refractivity contribution is 6.01. The molecule has 2 aromatic carbocycles. The Morgan fingerprint density at radius 2 is 1.74 bits per heavy atom. The number of aromatic hydroxyl groups is 1. The Morgan fingerprint density at radius 3 is 2.32 bits per heavy atom. The van der Waals surface area contributed by atoms with Crippen LogP contribution < -0.4 is 10.2 Å². The van der Waals surface area contributed by atoms with E-state index in [0.717, 1.165) is 12.0 Å². The third-order valence-corrected chi connectivity index (χ3v) is 5.80. The quantitative estimate of drug-likeness (QED) is 0.359. The number of carbonyl (C=O) groups is 2. The first-order chi connectivity index (χ1) is 18.0. The van der Waals surface area contributed by atoms with Crippen LogP contribution in [0.2, 0.25) is 0 Å². The minimum absolute atomic E-state index is 0.0569. The van der Waals surface area contributed by atoms with Gasteiger partial charge in [-0.3, -0.25) is 14.5 Å². The number of nitrogens with zero attached hydrogens (tertiary/aromatic N) is 5. The van der Waals surface area contributed by atoms with Gasteiger partial charge in [0.2, 0.25) is 11.7 Å². The Kier molecular flexibility index (Phi) is 7.61. The molecule has 2 N–H and O–H groups in total. The predicted octanol–water partition coefficient (Wildman–Crippen LogP) is 4.20. The topological polar surface area (TPSA) is 126 Å². The molecule has 10 nitrogen and oxygen atoms in total. The molecule has 0 aliphatic rings. The third-order valence-electron chi connectivity index (χ3n) is 5.80. The summed E-state index contributed by atoms with van der Waals surface area (Å²) in [6.07, 6.45) is 0.831. The number of hydrogen-bond donors (Lipinski definition) is 2. The number of furan rings is 1. The highest BCUT2D eigenvalue weighted by atomic mass is 16.3. The number of rotatable bonds is 8. The van der Waals surface area contributed by atoms with Crippen LogP contribution in [0.25, 0.3) is 11.6 Å². The van der Waals surface area contributed by atoms with Crippen LogP contribution in [-0.2, 0) is 22.6 Å². The number of tetrazole rings is 1. The molecule has 198 valence electrons. The van der Waals surface area contributed by atoms with Gasteiger partial charge in [0.15, 0.2) is 5.76 Å². The minimum atomic E-state index is -1.02. The lowest BCUT2D eigenvalue weighted by Gasteiger charge is -2.33. The first-order valence-corrected chi connectivity index (χ1v) is 12.4. The molecule has 1 atom stereocenters. The number of amides is 2. The largest absolute Gasteiger partial charge is 0.508 e. The lowest BCUT2D eigenvalue weighted by Crippen LogP contribution is -2.50. The van der Waals surface area contributed by atoms with E-state index in [1.54, 1.807) is 24.3 Å². The van der Waals surface area contributed by atoms with E-state index in [-0.39, 0.29) is 24.0 Å². The van der Waals surface area contributed by atoms with Crippen molar-refractivity contribution in [2.45, 2.75) is 59.2 Å². The van der Waals surface area contributed by atoms with Crippen molar-refractivity contribution < 1.29 is 19.1 Å². The van der Waals surface area contributed by atoms with E-state index in [9.17, 15) is 14.7 Å². The Bertz CT molecular complexity index is 1400. The van der Waals surface area contributed by atoms with Crippen molar-refractivity contribution in [3.05, 3.63) is 77.6 Å². The summed E-state index contributed by atoms with van der Waals surface area (Å²) in [4.78, 5) is 30.2. The van der Waals surface area contributed by atoms with Crippen molar-refractivity contribution in [2.24, 2.45) is 0 Å². The van der Waals surface area contributed by atoms with Gasteiger partial charge in [-0.15, -0.1) is 10.2 Å². The molecule has 0 spiro atoms. The van der Waals surface area contributed by atoms with Gasteiger partial charge in [-0.25, -0.2) is 0 Å². The summed E-state index contributed by atoms with van der Waals surface area (Å²) < 4.78 is 5.56. The van der Waals surface area contributed by atoms with E-state index < -0.39 is 17.5 Å². The second kappa shape index (κ2) is 10.9. The summed E-state index contributed by atoms with van der Waals surface area (Å²) in [6, 6.07) is 16.2. The van der Waals surface area contributed by atoms with Crippen LogP contribution in [0.3, 0.4) is 0 Å². The normalized spacial score (nSPS) is 12.2. The highest BCUT2D eigenvalue weighted by Gasteiger charge is 2.35. The van der Waals surface area contributed by atoms with Crippen molar-refractivity contribution >= 4 is 17.5 Å². The van der Waals surface area contributed by atoms with Crippen molar-refractivity contribution in [3.63, 3.8) is 0 Å². The van der Waals surface area contributed by atoms with Gasteiger partial charge >= 0.3 is 0 Å². The number of carbonyl (C=O) groups excluding carboxylic acids is 2. The fourth-order valence-electron chi connectivity index (χ4n) is 4.00. The molecule has 2 heterocycles. The smallest absolute Gasteiger partial charge is 0.251 e. The van der Waals surface area contributed by atoms with Crippen LogP contribution in [0.5, 0.6) is 5.75 Å². The first kappa shape index (κ1) is 26.6. The number of aryl methyl sites for hydroxylation is 2. The van der Waals surface area contributed by atoms with E-state index in [2.05, 4.69) is 20.7 Å². The van der Waals surface area contributed by atoms with Crippen LogP contribution in [-0.4, -0.2) is 42.7 Å². The molecule has 0 saturated carbocycles. The average Bonchev–Trinajstić information content (AvgIpc) is 3.51. The Hall–Kier alpha value is -4.47. The zero-order valence-electron chi connectivity index (χ0n) is 22.2. The van der Waals surface area contributed by atoms with Crippen molar-refractivity contribution in [3.8, 4) is 17.3 Å². The van der Waals surface area contributed by atoms with Crippen LogP contribution in [0, 0.1) is 6.92 Å². The van der Waals surface area contributed by atoms with Gasteiger partial charge in [0.25, 0.3) is 5.91 Å². The third kappa shape index (κ3) is 6.26. The summed E-state index contributed by atoms with van der Waals surface area (Å²) in [6.45, 7) is 9.21. The van der Waals surface area contributed by atoms with E-state index in [4.69, 9.17) is 4.42 Å². The van der Waals surface area contributed by atoms with Crippen LogP contribution >= 0.6 is 0 Å². The molecular weight excluding hydrogens is 484 g/mol. The molecule has 0 fully saturated rings. The Labute approximate surface area is 221 Å². The highest BCUT2D eigenvalue weighted by Crippen LogP contribution is 2.30. The van der Waals surface area contributed by atoms with Crippen molar-refractivity contribution in [1.29, 1.82) is 0 Å². The number of hydrogen-bond acceptors (Lipinski definition) is 7. The van der Waals surface area contributed by atoms with Gasteiger partial charge in [-0.1, -0.05) is 31.2 Å². The molecule has 0 bridgehead atoms. The van der Waals surface area contributed by atoms with Gasteiger partial charge in [0.05, 0.1) is 0 Å². The maximum Gasteiger partial charge on any atom is 0.251 e. The minimum Gasteiger partial charge on any atom is -0.508 e. The summed E-state index contributed by atoms with van der Waals surface area (Å²) in [5.41, 5.74) is 1.63. The molecular formula is C28H32N6O4. The van der Waals surface area contributed by atoms with Crippen molar-refractivity contribution in [2.75, 3.05) is 4.90 Å². The fourth-order valence-corrected chi connectivity index (χ4v) is 4.00. The molecule has 2 aromatic heterocycles. The number of nitrogens with one attached hydrogen (secondary N) is 1. The second-order valence-electron chi connectivity index (χ2n) is 10.1. The summed E-state index contributed by atoms with van der Waals surface area (Å²) >= 11 is 0. The van der Waals surface area contributed by atoms with E-state index in [1.165, 1.54) is 21.8 Å². The molecule has 0 saturated heterocycles. The summed E-state index contributed by atoms with van der Waals surface area (Å²) in [5, 5.41) is 25.2. The maximum absolute atomic E-state index is 13.9. The van der Waals surface area contributed by atoms with Crippen LogP contribution in [0.1, 0.15) is 50.6 Å². The lowest BCUT2D eigenvalue weighted by molar-refractivity contribution is -0.128. The van der Waals surface area contributed by atoms with Gasteiger partial charge < -0.3 is 14.8 Å². The summed E-state index contributed by atoms with van der Waals surface area (Å²) in [5.74, 6) is 0.674. The number of anilines is 1. The molecule has 0 radical (unpaired) electrons. The zero-order chi connectivity index (χ0) is 27.4. The number of phenols is 1. The maximum atomic E-state index is 13.9. The van der Waals surface area contributed by atoms with Crippen LogP contribution in [0.15, 0.2) is 65.1 Å². The second-order valence-corrected chi connectivity index (χ2v) is 10.1. The van der Waals surface area contributed by atoms with Gasteiger partial charge in [0, 0.05) is 11.2 Å². The Balaban J connectivity index is 1.75. The lowest BCUT2D eigenvalue weighted by atomic mass is 10.00. The molecule has 0 aliphatic heterocycles. The predicted molar refractivity (Wildman–Crippen MR) is 142 cm³/mol. The van der Waals surface area contributed by atoms with Crippen LogP contribution in [0.4, 0.5) is 5.69 Å². The van der Waals surface area contributed by atoms with Gasteiger partial charge in [-0.2, -0.15) is 4.80 Å². The monoisotopic (exact) mass is 516 g/mol. The SMILES string of the molecule is CCc1ccc(N(C(=O)Cn2nnc(-c3ccc(C)o3)n2)C(C(=O)NC(C)(C)C)c2ccc(O)cc2)cc1. The molecule has 4 aromatic rings. The molecule has 4 rings (SSSR count). The number of aromatic nitrogens is 4. The van der Waals surface area contributed by atoms with Gasteiger partial charge in [-0.05, 0) is 86.9 Å². The fraction of sp³-hybridized carbons (Fsp3) is 0.321. The summed E-state index contributed by atoms with van der Waals surface area (Å²) in [7, 11) is 0. The molecule has 10 heteroatoms.